The van der Waals surface area contributed by atoms with E-state index in [0.717, 1.165) is 22.5 Å². The fraction of sp³-hybridized carbons (Fsp3) is 0.391. The second-order valence-corrected chi connectivity index (χ2v) is 7.86. The number of nitrogens with one attached hydrogen (secondary N) is 1. The summed E-state index contributed by atoms with van der Waals surface area (Å²) in [6.45, 7) is 8.21. The van der Waals surface area contributed by atoms with E-state index in [1.54, 1.807) is 4.90 Å². The van der Waals surface area contributed by atoms with Gasteiger partial charge in [-0.15, -0.1) is 0 Å². The zero-order valence-corrected chi connectivity index (χ0v) is 17.5. The molecule has 154 valence electrons. The third-order valence-electron chi connectivity index (χ3n) is 4.90. The molecule has 0 spiro atoms. The van der Waals surface area contributed by atoms with Gasteiger partial charge in [0.25, 0.3) is 5.91 Å². The Kier molecular flexibility index (Phi) is 6.11. The molecule has 0 atom stereocenters. The molecule has 6 heteroatoms. The minimum Gasteiger partial charge on any atom is -0.482 e. The molecule has 0 saturated heterocycles. The molecule has 29 heavy (non-hydrogen) atoms. The molecule has 0 fully saturated rings. The van der Waals surface area contributed by atoms with E-state index in [4.69, 9.17) is 9.47 Å². The molecule has 2 aromatic rings. The Morgan fingerprint density at radius 1 is 1.14 bits per heavy atom. The summed E-state index contributed by atoms with van der Waals surface area (Å²) in [7, 11) is 0. The minimum absolute atomic E-state index is 0.000725. The van der Waals surface area contributed by atoms with Crippen LogP contribution in [-0.4, -0.2) is 37.2 Å². The van der Waals surface area contributed by atoms with Gasteiger partial charge in [-0.2, -0.15) is 0 Å². The topological polar surface area (TPSA) is 67.9 Å². The third-order valence-corrected chi connectivity index (χ3v) is 4.90. The van der Waals surface area contributed by atoms with Crippen molar-refractivity contribution in [3.63, 3.8) is 0 Å². The van der Waals surface area contributed by atoms with Gasteiger partial charge in [0, 0.05) is 6.54 Å². The van der Waals surface area contributed by atoms with Crippen LogP contribution in [0.25, 0.3) is 0 Å². The first-order chi connectivity index (χ1) is 13.8. The highest BCUT2D eigenvalue weighted by Crippen LogP contribution is 2.34. The highest BCUT2D eigenvalue weighted by atomic mass is 16.6. The molecule has 0 bridgehead atoms. The van der Waals surface area contributed by atoms with E-state index in [0.29, 0.717) is 18.7 Å². The van der Waals surface area contributed by atoms with Crippen molar-refractivity contribution in [2.75, 3.05) is 30.0 Å². The minimum atomic E-state index is -0.676. The lowest BCUT2D eigenvalue weighted by atomic mass is 9.98. The van der Waals surface area contributed by atoms with E-state index in [1.807, 2.05) is 70.2 Å². The van der Waals surface area contributed by atoms with Crippen LogP contribution in [0.4, 0.5) is 11.4 Å². The van der Waals surface area contributed by atoms with Crippen molar-refractivity contribution >= 4 is 23.3 Å². The Morgan fingerprint density at radius 3 is 2.69 bits per heavy atom. The number of hydrogen-bond acceptors (Lipinski definition) is 5. The predicted molar refractivity (Wildman–Crippen MR) is 113 cm³/mol. The number of aryl methyl sites for hydroxylation is 2. The van der Waals surface area contributed by atoms with Crippen LogP contribution >= 0.6 is 0 Å². The monoisotopic (exact) mass is 396 g/mol. The van der Waals surface area contributed by atoms with Crippen LogP contribution in [0.2, 0.25) is 0 Å². The molecular weight excluding hydrogens is 368 g/mol. The van der Waals surface area contributed by atoms with Crippen LogP contribution in [0.1, 0.15) is 31.4 Å². The summed E-state index contributed by atoms with van der Waals surface area (Å²) >= 11 is 0. The van der Waals surface area contributed by atoms with Crippen LogP contribution in [0.3, 0.4) is 0 Å². The maximum Gasteiger partial charge on any atom is 0.344 e. The molecule has 2 aromatic carbocycles. The Labute approximate surface area is 171 Å². The largest absolute Gasteiger partial charge is 0.482 e. The number of esters is 1. The zero-order valence-electron chi connectivity index (χ0n) is 17.5. The number of anilines is 2. The molecular formula is C23H28N2O4. The third kappa shape index (κ3) is 4.88. The molecule has 0 unspecified atom stereocenters. The van der Waals surface area contributed by atoms with Gasteiger partial charge in [0.15, 0.2) is 6.61 Å². The van der Waals surface area contributed by atoms with Gasteiger partial charge in [0.2, 0.25) is 0 Å². The van der Waals surface area contributed by atoms with Gasteiger partial charge in [-0.25, -0.2) is 4.79 Å². The molecule has 1 N–H and O–H groups in total. The number of hydrogen-bond donors (Lipinski definition) is 1. The Bertz CT molecular complexity index is 908. The van der Waals surface area contributed by atoms with Gasteiger partial charge in [-0.1, -0.05) is 24.3 Å². The van der Waals surface area contributed by atoms with Crippen LogP contribution in [0, 0.1) is 13.8 Å². The van der Waals surface area contributed by atoms with Crippen molar-refractivity contribution in [2.24, 2.45) is 0 Å². The predicted octanol–water partition coefficient (Wildman–Crippen LogP) is 3.85. The van der Waals surface area contributed by atoms with Gasteiger partial charge in [0.1, 0.15) is 11.3 Å². The Morgan fingerprint density at radius 2 is 1.90 bits per heavy atom. The molecule has 6 nitrogen and oxygen atoms in total. The lowest BCUT2D eigenvalue weighted by Gasteiger charge is -2.39. The molecule has 1 heterocycles. The van der Waals surface area contributed by atoms with Crippen molar-refractivity contribution in [1.29, 1.82) is 0 Å². The number of rotatable bonds is 7. The lowest BCUT2D eigenvalue weighted by Crippen LogP contribution is -2.54. The van der Waals surface area contributed by atoms with E-state index in [2.05, 4.69) is 5.32 Å². The number of ether oxygens (including phenoxy) is 2. The average molecular weight is 396 g/mol. The van der Waals surface area contributed by atoms with Gasteiger partial charge < -0.3 is 19.7 Å². The molecule has 1 aliphatic rings. The van der Waals surface area contributed by atoms with Gasteiger partial charge >= 0.3 is 5.97 Å². The normalized spacial score (nSPS) is 14.8. The second-order valence-electron chi connectivity index (χ2n) is 7.86. The van der Waals surface area contributed by atoms with E-state index >= 15 is 0 Å². The first-order valence-corrected chi connectivity index (χ1v) is 9.83. The van der Waals surface area contributed by atoms with Crippen molar-refractivity contribution in [3.05, 3.63) is 53.6 Å². The summed E-state index contributed by atoms with van der Waals surface area (Å²) in [5.41, 5.74) is 3.15. The van der Waals surface area contributed by atoms with Crippen LogP contribution in [0.5, 0.6) is 5.75 Å². The standard InChI is InChI=1S/C23H28N2O4/c1-16-10-11-17(2)20(14-16)29-15-21(26)28-13-7-12-25-19-9-6-5-8-18(19)24-23(3,4)22(25)27/h5-6,8-11,14,24H,7,12-13,15H2,1-4H3. The smallest absolute Gasteiger partial charge is 0.344 e. The van der Waals surface area contributed by atoms with Gasteiger partial charge in [0.05, 0.1) is 18.0 Å². The number of carbonyl (C=O) groups is 2. The summed E-state index contributed by atoms with van der Waals surface area (Å²) in [5.74, 6) is 0.270. The van der Waals surface area contributed by atoms with E-state index in [-0.39, 0.29) is 19.1 Å². The number of benzene rings is 2. The fourth-order valence-electron chi connectivity index (χ4n) is 3.32. The molecule has 3 rings (SSSR count). The van der Waals surface area contributed by atoms with Crippen molar-refractivity contribution in [1.82, 2.24) is 0 Å². The second kappa shape index (κ2) is 8.55. The highest BCUT2D eigenvalue weighted by molar-refractivity contribution is 6.07. The van der Waals surface area contributed by atoms with Gasteiger partial charge in [-0.05, 0) is 63.4 Å². The molecule has 1 amide bonds. The first-order valence-electron chi connectivity index (χ1n) is 9.83. The molecule has 0 radical (unpaired) electrons. The number of nitrogens with zero attached hydrogens (tertiary/aromatic N) is 1. The van der Waals surface area contributed by atoms with Crippen LogP contribution < -0.4 is 15.0 Å². The van der Waals surface area contributed by atoms with Crippen LogP contribution in [0.15, 0.2) is 42.5 Å². The highest BCUT2D eigenvalue weighted by Gasteiger charge is 2.38. The summed E-state index contributed by atoms with van der Waals surface area (Å²) < 4.78 is 10.9. The maximum absolute atomic E-state index is 12.8. The number of fused-ring (bicyclic) bond motifs is 1. The lowest BCUT2D eigenvalue weighted by molar-refractivity contribution is -0.146. The quantitative estimate of drug-likeness (QED) is 0.569. The van der Waals surface area contributed by atoms with E-state index < -0.39 is 11.5 Å². The number of para-hydroxylation sites is 2. The molecule has 0 saturated carbocycles. The summed E-state index contributed by atoms with van der Waals surface area (Å²) in [6.07, 6.45) is 0.547. The average Bonchev–Trinajstić information content (AvgIpc) is 2.68. The molecule has 0 aromatic heterocycles. The maximum atomic E-state index is 12.8. The summed E-state index contributed by atoms with van der Waals surface area (Å²) in [5, 5.41) is 3.27. The first kappa shape index (κ1) is 20.7. The fourth-order valence-corrected chi connectivity index (χ4v) is 3.32. The van der Waals surface area contributed by atoms with Crippen molar-refractivity contribution in [2.45, 2.75) is 39.7 Å². The summed E-state index contributed by atoms with van der Waals surface area (Å²) in [4.78, 5) is 26.5. The SMILES string of the molecule is Cc1ccc(C)c(OCC(=O)OCCCN2C(=O)C(C)(C)Nc3ccccc32)c1. The van der Waals surface area contributed by atoms with Crippen molar-refractivity contribution in [3.8, 4) is 5.75 Å². The van der Waals surface area contributed by atoms with Crippen molar-refractivity contribution < 1.29 is 19.1 Å². The zero-order chi connectivity index (χ0) is 21.0. The molecule has 1 aliphatic heterocycles. The van der Waals surface area contributed by atoms with Gasteiger partial charge in [-0.3, -0.25) is 4.79 Å². The Hall–Kier alpha value is -3.02. The number of amides is 1. The Balaban J connectivity index is 1.49. The van der Waals surface area contributed by atoms with E-state index in [9.17, 15) is 9.59 Å². The summed E-state index contributed by atoms with van der Waals surface area (Å²) in [6, 6.07) is 13.6. The van der Waals surface area contributed by atoms with Crippen LogP contribution in [-0.2, 0) is 14.3 Å². The number of carbonyl (C=O) groups excluding carboxylic acids is 2. The molecule has 0 aliphatic carbocycles. The van der Waals surface area contributed by atoms with E-state index in [1.165, 1.54) is 0 Å².